The summed E-state index contributed by atoms with van der Waals surface area (Å²) in [4.78, 5) is 13.2. The van der Waals surface area contributed by atoms with Crippen molar-refractivity contribution in [1.82, 2.24) is 0 Å². The van der Waals surface area contributed by atoms with Crippen LogP contribution < -0.4 is 9.47 Å². The van der Waals surface area contributed by atoms with E-state index in [0.717, 1.165) is 22.6 Å². The van der Waals surface area contributed by atoms with E-state index in [1.807, 2.05) is 54.6 Å². The molecule has 0 saturated carbocycles. The summed E-state index contributed by atoms with van der Waals surface area (Å²) in [7, 11) is 3.22. The lowest BCUT2D eigenvalue weighted by Crippen LogP contribution is -2.50. The van der Waals surface area contributed by atoms with Gasteiger partial charge in [0.1, 0.15) is 29.3 Å². The van der Waals surface area contributed by atoms with Crippen LogP contribution in [0.2, 0.25) is 0 Å². The minimum atomic E-state index is -1.49. The quantitative estimate of drug-likeness (QED) is 0.420. The number of methoxy groups -OCH3 is 2. The van der Waals surface area contributed by atoms with Crippen LogP contribution in [0.5, 0.6) is 11.5 Å². The molecule has 3 aromatic carbocycles. The Hall–Kier alpha value is -3.23. The third-order valence-electron chi connectivity index (χ3n) is 6.00. The predicted octanol–water partition coefficient (Wildman–Crippen LogP) is 3.82. The van der Waals surface area contributed by atoms with Crippen molar-refractivity contribution in [3.05, 3.63) is 95.6 Å². The molecule has 1 aliphatic heterocycles. The van der Waals surface area contributed by atoms with Crippen LogP contribution in [0.3, 0.4) is 0 Å². The monoisotopic (exact) mass is 478 g/mol. The highest BCUT2D eigenvalue weighted by molar-refractivity contribution is 6.00. The number of Topliss-reactive ketones (excluding diaryl/α,β-unsaturated/α-hetero) is 1. The molecule has 7 heteroatoms. The fraction of sp³-hybridized carbons (Fsp3) is 0.321. The maximum Gasteiger partial charge on any atom is 0.194 e. The first-order valence-electron chi connectivity index (χ1n) is 11.4. The summed E-state index contributed by atoms with van der Waals surface area (Å²) < 4.78 is 28.2. The molecule has 0 radical (unpaired) electrons. The number of ketones is 1. The van der Waals surface area contributed by atoms with Gasteiger partial charge in [0, 0.05) is 5.56 Å². The smallest absolute Gasteiger partial charge is 0.194 e. The van der Waals surface area contributed by atoms with Crippen LogP contribution >= 0.6 is 0 Å². The van der Waals surface area contributed by atoms with E-state index in [-0.39, 0.29) is 32.2 Å². The number of hydrogen-bond acceptors (Lipinski definition) is 7. The zero-order valence-corrected chi connectivity index (χ0v) is 19.9. The van der Waals surface area contributed by atoms with Crippen molar-refractivity contribution in [2.45, 2.75) is 31.0 Å². The molecule has 0 bridgehead atoms. The maximum atomic E-state index is 13.2. The molecular formula is C28H30O7. The molecule has 3 aromatic rings. The topological polar surface area (TPSA) is 83.5 Å². The van der Waals surface area contributed by atoms with Crippen molar-refractivity contribution >= 4 is 5.78 Å². The van der Waals surface area contributed by atoms with Gasteiger partial charge in [0.2, 0.25) is 0 Å². The molecule has 1 aliphatic rings. The number of carbonyl (C=O) groups is 1. The van der Waals surface area contributed by atoms with E-state index in [9.17, 15) is 9.90 Å². The molecule has 35 heavy (non-hydrogen) atoms. The lowest BCUT2D eigenvalue weighted by molar-refractivity contribution is -0.129. The summed E-state index contributed by atoms with van der Waals surface area (Å²) >= 11 is 0. The van der Waals surface area contributed by atoms with Crippen LogP contribution in [-0.4, -0.2) is 56.1 Å². The number of ether oxygens (including phenoxy) is 5. The Morgan fingerprint density at radius 3 is 2.03 bits per heavy atom. The summed E-state index contributed by atoms with van der Waals surface area (Å²) in [6, 6.07) is 23.8. The van der Waals surface area contributed by atoms with Gasteiger partial charge in [-0.15, -0.1) is 0 Å². The van der Waals surface area contributed by atoms with E-state index >= 15 is 0 Å². The van der Waals surface area contributed by atoms with E-state index in [0.29, 0.717) is 5.56 Å². The first kappa shape index (κ1) is 24.9. The van der Waals surface area contributed by atoms with E-state index in [4.69, 9.17) is 23.7 Å². The summed E-state index contributed by atoms with van der Waals surface area (Å²) in [6.45, 7) is 0.350. The van der Waals surface area contributed by atoms with Crippen LogP contribution in [0.1, 0.15) is 21.5 Å². The van der Waals surface area contributed by atoms with Gasteiger partial charge in [-0.2, -0.15) is 0 Å². The van der Waals surface area contributed by atoms with Gasteiger partial charge in [0.05, 0.1) is 40.6 Å². The number of benzene rings is 3. The fourth-order valence-corrected chi connectivity index (χ4v) is 4.01. The molecule has 0 spiro atoms. The molecule has 3 atom stereocenters. The van der Waals surface area contributed by atoms with Crippen molar-refractivity contribution in [2.75, 3.05) is 27.4 Å². The Balaban J connectivity index is 1.47. The van der Waals surface area contributed by atoms with Crippen LogP contribution in [0, 0.1) is 0 Å². The minimum absolute atomic E-state index is 0.0507. The second-order valence-corrected chi connectivity index (χ2v) is 8.49. The molecule has 0 amide bonds. The highest BCUT2D eigenvalue weighted by Gasteiger charge is 2.52. The highest BCUT2D eigenvalue weighted by atomic mass is 16.6. The normalized spacial score (nSPS) is 21.6. The lowest BCUT2D eigenvalue weighted by atomic mass is 9.93. The van der Waals surface area contributed by atoms with E-state index in [1.165, 1.54) is 0 Å². The SMILES string of the molecule is COc1ccc(COC[C@@]2(O)CO[C@H](C(=O)c3ccccc3)[C@H]2OCc2ccc(OC)cc2)cc1. The van der Waals surface area contributed by atoms with Crippen LogP contribution in [0.15, 0.2) is 78.9 Å². The summed E-state index contributed by atoms with van der Waals surface area (Å²) in [5.41, 5.74) is 0.818. The Labute approximate surface area is 205 Å². The maximum absolute atomic E-state index is 13.2. The molecule has 1 heterocycles. The van der Waals surface area contributed by atoms with Gasteiger partial charge in [0.15, 0.2) is 5.78 Å². The molecule has 184 valence electrons. The summed E-state index contributed by atoms with van der Waals surface area (Å²) in [5, 5.41) is 11.5. The van der Waals surface area contributed by atoms with Gasteiger partial charge in [-0.3, -0.25) is 4.79 Å². The Kier molecular flexibility index (Phi) is 8.15. The second kappa shape index (κ2) is 11.5. The van der Waals surface area contributed by atoms with Gasteiger partial charge in [-0.1, -0.05) is 54.6 Å². The molecule has 7 nitrogen and oxygen atoms in total. The predicted molar refractivity (Wildman–Crippen MR) is 130 cm³/mol. The van der Waals surface area contributed by atoms with Crippen molar-refractivity contribution in [2.24, 2.45) is 0 Å². The zero-order valence-electron chi connectivity index (χ0n) is 19.9. The molecule has 0 unspecified atom stereocenters. The van der Waals surface area contributed by atoms with Gasteiger partial charge in [-0.25, -0.2) is 0 Å². The molecule has 1 N–H and O–H groups in total. The van der Waals surface area contributed by atoms with Crippen LogP contribution in [0.25, 0.3) is 0 Å². The first-order chi connectivity index (χ1) is 17.0. The molecule has 0 aromatic heterocycles. The Morgan fingerprint density at radius 2 is 1.46 bits per heavy atom. The van der Waals surface area contributed by atoms with Crippen molar-refractivity contribution in [1.29, 1.82) is 0 Å². The zero-order chi connectivity index (χ0) is 24.7. The number of carbonyl (C=O) groups excluding carboxylic acids is 1. The average molecular weight is 479 g/mol. The lowest BCUT2D eigenvalue weighted by Gasteiger charge is -2.30. The van der Waals surface area contributed by atoms with Crippen LogP contribution in [-0.2, 0) is 27.4 Å². The minimum Gasteiger partial charge on any atom is -0.497 e. The number of aliphatic hydroxyl groups is 1. The van der Waals surface area contributed by atoms with Crippen LogP contribution in [0.4, 0.5) is 0 Å². The second-order valence-electron chi connectivity index (χ2n) is 8.49. The number of rotatable bonds is 11. The van der Waals surface area contributed by atoms with Crippen molar-refractivity contribution in [3.8, 4) is 11.5 Å². The van der Waals surface area contributed by atoms with Crippen molar-refractivity contribution < 1.29 is 33.6 Å². The van der Waals surface area contributed by atoms with Crippen molar-refractivity contribution in [3.63, 3.8) is 0 Å². The van der Waals surface area contributed by atoms with E-state index < -0.39 is 17.8 Å². The van der Waals surface area contributed by atoms with Gasteiger partial charge >= 0.3 is 0 Å². The third-order valence-corrected chi connectivity index (χ3v) is 6.00. The van der Waals surface area contributed by atoms with Gasteiger partial charge < -0.3 is 28.8 Å². The molecule has 4 rings (SSSR count). The Bertz CT molecular complexity index is 1080. The molecule has 1 fully saturated rings. The fourth-order valence-electron chi connectivity index (χ4n) is 4.01. The number of hydrogen-bond donors (Lipinski definition) is 1. The third kappa shape index (κ3) is 6.07. The van der Waals surface area contributed by atoms with Gasteiger partial charge in [0.25, 0.3) is 0 Å². The largest absolute Gasteiger partial charge is 0.497 e. The Morgan fingerprint density at radius 1 is 0.886 bits per heavy atom. The van der Waals surface area contributed by atoms with Gasteiger partial charge in [-0.05, 0) is 35.4 Å². The van der Waals surface area contributed by atoms with E-state index in [2.05, 4.69) is 0 Å². The molecule has 1 saturated heterocycles. The summed E-state index contributed by atoms with van der Waals surface area (Å²) in [5.74, 6) is 1.25. The highest BCUT2D eigenvalue weighted by Crippen LogP contribution is 2.32. The standard InChI is InChI=1S/C28H30O7/c1-31-23-12-8-20(9-13-23)16-33-18-28(30)19-35-26(25(29)22-6-4-3-5-7-22)27(28)34-17-21-10-14-24(32-2)15-11-21/h3-15,26-27,30H,16-19H2,1-2H3/t26-,27-,28-/m1/s1. The summed E-state index contributed by atoms with van der Waals surface area (Å²) in [6.07, 6.45) is -1.86. The first-order valence-corrected chi connectivity index (χ1v) is 11.4. The van der Waals surface area contributed by atoms with E-state index in [1.54, 1.807) is 38.5 Å². The average Bonchev–Trinajstić information content (AvgIpc) is 3.24. The molecule has 0 aliphatic carbocycles. The molecular weight excluding hydrogens is 448 g/mol.